The van der Waals surface area contributed by atoms with Gasteiger partial charge in [-0.1, -0.05) is 6.07 Å². The lowest BCUT2D eigenvalue weighted by Gasteiger charge is -2.35. The van der Waals surface area contributed by atoms with E-state index in [1.807, 2.05) is 40.9 Å². The Bertz CT molecular complexity index is 851. The van der Waals surface area contributed by atoms with Gasteiger partial charge in [0.1, 0.15) is 11.9 Å². The van der Waals surface area contributed by atoms with Crippen LogP contribution in [0, 0.1) is 0 Å². The first kappa shape index (κ1) is 14.0. The number of H-pyrrole nitrogens is 1. The van der Waals surface area contributed by atoms with Crippen LogP contribution in [0.5, 0.6) is 0 Å². The topological polar surface area (TPSA) is 78.8 Å². The maximum absolute atomic E-state index is 13.1. The van der Waals surface area contributed by atoms with Gasteiger partial charge in [0.15, 0.2) is 0 Å². The molecule has 1 saturated heterocycles. The fraction of sp³-hybridized carbons (Fsp3) is 0.312. The van der Waals surface area contributed by atoms with Crippen molar-refractivity contribution in [2.75, 3.05) is 19.6 Å². The van der Waals surface area contributed by atoms with Crippen molar-refractivity contribution in [2.45, 2.75) is 6.04 Å². The Balaban J connectivity index is 1.73. The molecule has 0 saturated carbocycles. The first-order valence-electron chi connectivity index (χ1n) is 7.66. The van der Waals surface area contributed by atoms with Crippen LogP contribution in [-0.4, -0.2) is 50.2 Å². The summed E-state index contributed by atoms with van der Waals surface area (Å²) < 4.78 is 1.97. The van der Waals surface area contributed by atoms with Crippen LogP contribution >= 0.6 is 0 Å². The molecular weight excluding hydrogens is 292 g/mol. The number of carbonyl (C=O) groups is 1. The molecule has 7 nitrogen and oxygen atoms in total. The highest BCUT2D eigenvalue weighted by Gasteiger charge is 2.31. The molecule has 118 valence electrons. The Morgan fingerprint density at radius 2 is 2.30 bits per heavy atom. The number of rotatable bonds is 2. The summed E-state index contributed by atoms with van der Waals surface area (Å²) in [6.07, 6.45) is 5.38. The van der Waals surface area contributed by atoms with E-state index in [2.05, 4.69) is 20.5 Å². The number of nitrogens with zero attached hydrogens (tertiary/aromatic N) is 4. The standard InChI is InChI=1S/C16H18N6O/c1-21-7-6-18-15(21)14-10-17-5-8-22(14)16(23)11-3-2-4-13-12(11)9-19-20-13/h2-4,6-7,9,14,17H,5,8,10H2,1H3,(H,19,20). The molecule has 1 aliphatic rings. The third kappa shape index (κ3) is 2.29. The molecule has 0 radical (unpaired) electrons. The maximum atomic E-state index is 13.1. The predicted octanol–water partition coefficient (Wildman–Crippen LogP) is 1.08. The number of amides is 1. The van der Waals surface area contributed by atoms with E-state index < -0.39 is 0 Å². The number of hydrogen-bond acceptors (Lipinski definition) is 4. The van der Waals surface area contributed by atoms with Crippen molar-refractivity contribution in [1.29, 1.82) is 0 Å². The molecule has 1 atom stereocenters. The zero-order valence-corrected chi connectivity index (χ0v) is 12.9. The van der Waals surface area contributed by atoms with E-state index in [1.165, 1.54) is 0 Å². The van der Waals surface area contributed by atoms with Crippen molar-refractivity contribution in [2.24, 2.45) is 7.05 Å². The van der Waals surface area contributed by atoms with Crippen LogP contribution in [0.2, 0.25) is 0 Å². The lowest BCUT2D eigenvalue weighted by atomic mass is 10.1. The van der Waals surface area contributed by atoms with Gasteiger partial charge >= 0.3 is 0 Å². The highest BCUT2D eigenvalue weighted by atomic mass is 16.2. The van der Waals surface area contributed by atoms with Gasteiger partial charge in [-0.2, -0.15) is 5.10 Å². The average molecular weight is 310 g/mol. The first-order valence-corrected chi connectivity index (χ1v) is 7.66. The molecule has 0 aliphatic carbocycles. The van der Waals surface area contributed by atoms with Crippen molar-refractivity contribution in [3.05, 3.63) is 48.2 Å². The number of imidazole rings is 1. The van der Waals surface area contributed by atoms with Gasteiger partial charge in [-0.3, -0.25) is 9.89 Å². The molecule has 3 aromatic rings. The maximum Gasteiger partial charge on any atom is 0.255 e. The largest absolute Gasteiger partial charge is 0.336 e. The second-order valence-corrected chi connectivity index (χ2v) is 5.75. The molecule has 1 aliphatic heterocycles. The number of piperazine rings is 1. The normalized spacial score (nSPS) is 18.5. The van der Waals surface area contributed by atoms with Crippen LogP contribution in [0.3, 0.4) is 0 Å². The zero-order chi connectivity index (χ0) is 15.8. The first-order chi connectivity index (χ1) is 11.3. The van der Waals surface area contributed by atoms with E-state index in [0.717, 1.165) is 23.3 Å². The molecule has 0 bridgehead atoms. The summed E-state index contributed by atoms with van der Waals surface area (Å²) in [5.41, 5.74) is 1.55. The Kier molecular flexibility index (Phi) is 3.34. The number of aryl methyl sites for hydroxylation is 1. The van der Waals surface area contributed by atoms with Gasteiger partial charge < -0.3 is 14.8 Å². The molecule has 1 amide bonds. The van der Waals surface area contributed by atoms with Gasteiger partial charge in [0.2, 0.25) is 0 Å². The lowest BCUT2D eigenvalue weighted by Crippen LogP contribution is -2.49. The highest BCUT2D eigenvalue weighted by Crippen LogP contribution is 2.25. The number of hydrogen-bond donors (Lipinski definition) is 2. The highest BCUT2D eigenvalue weighted by molar-refractivity contribution is 6.06. The van der Waals surface area contributed by atoms with E-state index in [1.54, 1.807) is 12.4 Å². The zero-order valence-electron chi connectivity index (χ0n) is 12.9. The molecular formula is C16H18N6O. The fourth-order valence-electron chi connectivity index (χ4n) is 3.19. The van der Waals surface area contributed by atoms with Crippen molar-refractivity contribution in [3.8, 4) is 0 Å². The summed E-state index contributed by atoms with van der Waals surface area (Å²) in [7, 11) is 1.95. The van der Waals surface area contributed by atoms with Crippen LogP contribution in [-0.2, 0) is 7.05 Å². The molecule has 7 heteroatoms. The summed E-state index contributed by atoms with van der Waals surface area (Å²) in [5, 5.41) is 11.2. The fourth-order valence-corrected chi connectivity index (χ4v) is 3.19. The van der Waals surface area contributed by atoms with E-state index in [-0.39, 0.29) is 11.9 Å². The Hall–Kier alpha value is -2.67. The predicted molar refractivity (Wildman–Crippen MR) is 85.9 cm³/mol. The van der Waals surface area contributed by atoms with Crippen LogP contribution in [0.4, 0.5) is 0 Å². The Morgan fingerprint density at radius 3 is 3.13 bits per heavy atom. The molecule has 23 heavy (non-hydrogen) atoms. The van der Waals surface area contributed by atoms with Crippen molar-refractivity contribution in [1.82, 2.24) is 30.0 Å². The number of fused-ring (bicyclic) bond motifs is 1. The van der Waals surface area contributed by atoms with Crippen molar-refractivity contribution in [3.63, 3.8) is 0 Å². The minimum absolute atomic E-state index is 0.0199. The van der Waals surface area contributed by atoms with Crippen LogP contribution in [0.15, 0.2) is 36.8 Å². The molecule has 1 fully saturated rings. The van der Waals surface area contributed by atoms with Crippen LogP contribution < -0.4 is 5.32 Å². The van der Waals surface area contributed by atoms with E-state index in [0.29, 0.717) is 18.7 Å². The average Bonchev–Trinajstić information content (AvgIpc) is 3.22. The third-order valence-corrected chi connectivity index (χ3v) is 4.38. The summed E-state index contributed by atoms with van der Waals surface area (Å²) in [6, 6.07) is 5.59. The molecule has 3 heterocycles. The summed E-state index contributed by atoms with van der Waals surface area (Å²) in [4.78, 5) is 19.5. The number of carbonyl (C=O) groups excluding carboxylic acids is 1. The molecule has 1 aromatic carbocycles. The van der Waals surface area contributed by atoms with E-state index >= 15 is 0 Å². The smallest absolute Gasteiger partial charge is 0.255 e. The van der Waals surface area contributed by atoms with E-state index in [4.69, 9.17) is 0 Å². The molecule has 2 aromatic heterocycles. The second-order valence-electron chi connectivity index (χ2n) is 5.75. The van der Waals surface area contributed by atoms with Crippen molar-refractivity contribution >= 4 is 16.8 Å². The van der Waals surface area contributed by atoms with E-state index in [9.17, 15) is 4.79 Å². The SMILES string of the molecule is Cn1ccnc1C1CNCCN1C(=O)c1cccc2[nH]ncc12. The minimum atomic E-state index is -0.0709. The number of aromatic amines is 1. The second kappa shape index (κ2) is 5.51. The molecule has 2 N–H and O–H groups in total. The van der Waals surface area contributed by atoms with Crippen LogP contribution in [0.1, 0.15) is 22.2 Å². The van der Waals surface area contributed by atoms with Crippen LogP contribution in [0.25, 0.3) is 10.9 Å². The summed E-state index contributed by atoms with van der Waals surface area (Å²) in [6.45, 7) is 2.15. The van der Waals surface area contributed by atoms with Gasteiger partial charge in [0.25, 0.3) is 5.91 Å². The third-order valence-electron chi connectivity index (χ3n) is 4.38. The lowest BCUT2D eigenvalue weighted by molar-refractivity contribution is 0.0623. The molecule has 4 rings (SSSR count). The number of benzene rings is 1. The molecule has 1 unspecified atom stereocenters. The summed E-state index contributed by atoms with van der Waals surface area (Å²) >= 11 is 0. The number of nitrogens with one attached hydrogen (secondary N) is 2. The minimum Gasteiger partial charge on any atom is -0.336 e. The van der Waals surface area contributed by atoms with Crippen molar-refractivity contribution < 1.29 is 4.79 Å². The van der Waals surface area contributed by atoms with Gasteiger partial charge in [0, 0.05) is 44.5 Å². The van der Waals surface area contributed by atoms with Gasteiger partial charge in [-0.05, 0) is 12.1 Å². The Labute approximate surface area is 133 Å². The quantitative estimate of drug-likeness (QED) is 0.742. The van der Waals surface area contributed by atoms with Gasteiger partial charge in [-0.25, -0.2) is 4.98 Å². The Morgan fingerprint density at radius 1 is 1.39 bits per heavy atom. The van der Waals surface area contributed by atoms with Gasteiger partial charge in [0.05, 0.1) is 17.3 Å². The number of aromatic nitrogens is 4. The summed E-state index contributed by atoms with van der Waals surface area (Å²) in [5.74, 6) is 0.913. The monoisotopic (exact) mass is 310 g/mol. The molecule has 0 spiro atoms. The van der Waals surface area contributed by atoms with Gasteiger partial charge in [-0.15, -0.1) is 0 Å².